The van der Waals surface area contributed by atoms with E-state index in [1.54, 1.807) is 6.92 Å². The van der Waals surface area contributed by atoms with E-state index >= 15 is 0 Å². The molecule has 0 aliphatic carbocycles. The van der Waals surface area contributed by atoms with Crippen LogP contribution in [0.3, 0.4) is 0 Å². The molecule has 0 saturated carbocycles. The Morgan fingerprint density at radius 2 is 1.81 bits per heavy atom. The van der Waals surface area contributed by atoms with Crippen LogP contribution in [0.25, 0.3) is 0 Å². The van der Waals surface area contributed by atoms with Crippen molar-refractivity contribution in [3.63, 3.8) is 0 Å². The zero-order valence-corrected chi connectivity index (χ0v) is 13.1. The molecule has 0 spiro atoms. The highest BCUT2D eigenvalue weighted by Crippen LogP contribution is 2.35. The fourth-order valence-corrected chi connectivity index (χ4v) is 3.52. The molecule has 0 radical (unpaired) electrons. The number of hydrogen-bond acceptors (Lipinski definition) is 4. The van der Waals surface area contributed by atoms with Crippen LogP contribution in [0.5, 0.6) is 0 Å². The minimum absolute atomic E-state index is 0.274. The molecule has 4 heteroatoms. The third kappa shape index (κ3) is 3.71. The molecule has 1 heterocycles. The van der Waals surface area contributed by atoms with Crippen molar-refractivity contribution >= 4 is 17.3 Å². The van der Waals surface area contributed by atoms with Gasteiger partial charge >= 0.3 is 5.97 Å². The largest absolute Gasteiger partial charge is 0.464 e. The van der Waals surface area contributed by atoms with Crippen molar-refractivity contribution in [3.05, 3.63) is 57.8 Å². The molecule has 3 nitrogen and oxygen atoms in total. The standard InChI is InChI=1S/C17H20O3S/c1-3-13(12-8-6-5-7-9-12)14-10-11-15(21-14)16(18)17(19)20-4-2/h5-11,13,16,18H,3-4H2,1-2H3/t13?,16-/m0/s1. The number of hydrogen-bond donors (Lipinski definition) is 1. The van der Waals surface area contributed by atoms with Gasteiger partial charge in [-0.1, -0.05) is 37.3 Å². The second-order valence-corrected chi connectivity index (χ2v) is 5.91. The van der Waals surface area contributed by atoms with Crippen molar-refractivity contribution in [1.82, 2.24) is 0 Å². The van der Waals surface area contributed by atoms with Crippen LogP contribution in [0.15, 0.2) is 42.5 Å². The summed E-state index contributed by atoms with van der Waals surface area (Å²) in [6.45, 7) is 4.14. The number of aliphatic hydroxyl groups excluding tert-OH is 1. The summed E-state index contributed by atoms with van der Waals surface area (Å²) >= 11 is 1.47. The molecule has 0 saturated heterocycles. The lowest BCUT2D eigenvalue weighted by Crippen LogP contribution is -2.14. The van der Waals surface area contributed by atoms with E-state index in [1.807, 2.05) is 30.3 Å². The van der Waals surface area contributed by atoms with E-state index in [-0.39, 0.29) is 6.61 Å². The molecule has 0 fully saturated rings. The lowest BCUT2D eigenvalue weighted by atomic mass is 9.95. The Hall–Kier alpha value is -1.65. The zero-order chi connectivity index (χ0) is 15.2. The van der Waals surface area contributed by atoms with Crippen molar-refractivity contribution in [2.75, 3.05) is 6.61 Å². The third-order valence-electron chi connectivity index (χ3n) is 3.38. The molecule has 0 amide bonds. The van der Waals surface area contributed by atoms with E-state index in [0.29, 0.717) is 10.8 Å². The highest BCUT2D eigenvalue weighted by atomic mass is 32.1. The summed E-state index contributed by atoms with van der Waals surface area (Å²) in [5, 5.41) is 9.99. The molecule has 1 unspecified atom stereocenters. The Morgan fingerprint density at radius 1 is 1.14 bits per heavy atom. The van der Waals surface area contributed by atoms with E-state index in [9.17, 15) is 9.90 Å². The lowest BCUT2D eigenvalue weighted by Gasteiger charge is -2.13. The van der Waals surface area contributed by atoms with Crippen LogP contribution in [0.1, 0.15) is 47.6 Å². The van der Waals surface area contributed by atoms with E-state index in [2.05, 4.69) is 19.1 Å². The highest BCUT2D eigenvalue weighted by molar-refractivity contribution is 7.12. The first-order valence-electron chi connectivity index (χ1n) is 7.16. The van der Waals surface area contributed by atoms with Crippen LogP contribution in [0.4, 0.5) is 0 Å². The van der Waals surface area contributed by atoms with E-state index in [0.717, 1.165) is 11.3 Å². The summed E-state index contributed by atoms with van der Waals surface area (Å²) in [5.41, 5.74) is 1.25. The molecule has 2 rings (SSSR count). The fraction of sp³-hybridized carbons (Fsp3) is 0.353. The summed E-state index contributed by atoms with van der Waals surface area (Å²) in [4.78, 5) is 13.4. The Balaban J connectivity index is 2.20. The van der Waals surface area contributed by atoms with Crippen LogP contribution < -0.4 is 0 Å². The zero-order valence-electron chi connectivity index (χ0n) is 12.3. The molecule has 0 aliphatic heterocycles. The maximum absolute atomic E-state index is 11.6. The molecule has 2 aromatic rings. The van der Waals surface area contributed by atoms with Gasteiger partial charge in [-0.05, 0) is 31.0 Å². The molecule has 112 valence electrons. The first-order chi connectivity index (χ1) is 10.2. The first kappa shape index (κ1) is 15.7. The first-order valence-corrected chi connectivity index (χ1v) is 7.98. The molecule has 0 aliphatic rings. The molecule has 1 N–H and O–H groups in total. The topological polar surface area (TPSA) is 46.5 Å². The SMILES string of the molecule is CCOC(=O)[C@@H](O)c1ccc(C(CC)c2ccccc2)s1. The monoisotopic (exact) mass is 304 g/mol. The average molecular weight is 304 g/mol. The van der Waals surface area contributed by atoms with Crippen molar-refractivity contribution in [2.45, 2.75) is 32.3 Å². The minimum atomic E-state index is -1.18. The number of aliphatic hydroxyl groups is 1. The van der Waals surface area contributed by atoms with Gasteiger partial charge in [0, 0.05) is 15.7 Å². The Kier molecular flexibility index (Phi) is 5.53. The van der Waals surface area contributed by atoms with Crippen molar-refractivity contribution in [2.24, 2.45) is 0 Å². The summed E-state index contributed by atoms with van der Waals surface area (Å²) in [6, 6.07) is 14.1. The number of rotatable bonds is 6. The van der Waals surface area contributed by atoms with Crippen LogP contribution in [-0.2, 0) is 9.53 Å². The highest BCUT2D eigenvalue weighted by Gasteiger charge is 2.22. The molecule has 2 atom stereocenters. The second kappa shape index (κ2) is 7.38. The maximum atomic E-state index is 11.6. The summed E-state index contributed by atoms with van der Waals surface area (Å²) in [5.74, 6) is -0.294. The molecular formula is C17H20O3S. The van der Waals surface area contributed by atoms with Gasteiger partial charge < -0.3 is 9.84 Å². The van der Waals surface area contributed by atoms with Gasteiger partial charge in [-0.15, -0.1) is 11.3 Å². The number of esters is 1. The fourth-order valence-electron chi connectivity index (χ4n) is 2.33. The van der Waals surface area contributed by atoms with Gasteiger partial charge in [0.15, 0.2) is 6.10 Å². The molecule has 1 aromatic heterocycles. The number of ether oxygens (including phenoxy) is 1. The van der Waals surface area contributed by atoms with E-state index in [4.69, 9.17) is 4.74 Å². The van der Waals surface area contributed by atoms with Crippen LogP contribution >= 0.6 is 11.3 Å². The van der Waals surface area contributed by atoms with Gasteiger partial charge in [0.1, 0.15) is 0 Å². The molecule has 21 heavy (non-hydrogen) atoms. The quantitative estimate of drug-likeness (QED) is 0.824. The van der Waals surface area contributed by atoms with Gasteiger partial charge in [-0.3, -0.25) is 0 Å². The van der Waals surface area contributed by atoms with Gasteiger partial charge in [0.2, 0.25) is 0 Å². The lowest BCUT2D eigenvalue weighted by molar-refractivity contribution is -0.153. The van der Waals surface area contributed by atoms with Crippen LogP contribution in [-0.4, -0.2) is 17.7 Å². The van der Waals surface area contributed by atoms with Gasteiger partial charge in [0.05, 0.1) is 6.61 Å². The van der Waals surface area contributed by atoms with Crippen molar-refractivity contribution in [1.29, 1.82) is 0 Å². The van der Waals surface area contributed by atoms with Crippen molar-refractivity contribution in [3.8, 4) is 0 Å². The predicted octanol–water partition coefficient (Wildman–Crippen LogP) is 3.89. The normalized spacial score (nSPS) is 13.7. The van der Waals surface area contributed by atoms with E-state index < -0.39 is 12.1 Å². The number of carbonyl (C=O) groups excluding carboxylic acids is 1. The van der Waals surface area contributed by atoms with Gasteiger partial charge in [-0.25, -0.2) is 4.79 Å². The van der Waals surface area contributed by atoms with Crippen LogP contribution in [0, 0.1) is 0 Å². The number of benzene rings is 1. The van der Waals surface area contributed by atoms with E-state index in [1.165, 1.54) is 16.9 Å². The van der Waals surface area contributed by atoms with Crippen LogP contribution in [0.2, 0.25) is 0 Å². The number of carbonyl (C=O) groups is 1. The third-order valence-corrected chi connectivity index (χ3v) is 4.63. The van der Waals surface area contributed by atoms with Crippen molar-refractivity contribution < 1.29 is 14.6 Å². The second-order valence-electron chi connectivity index (χ2n) is 4.77. The maximum Gasteiger partial charge on any atom is 0.340 e. The smallest absolute Gasteiger partial charge is 0.340 e. The Bertz CT molecular complexity index is 577. The summed E-state index contributed by atoms with van der Waals surface area (Å²) < 4.78 is 4.86. The molecular weight excluding hydrogens is 284 g/mol. The van der Waals surface area contributed by atoms with Gasteiger partial charge in [0.25, 0.3) is 0 Å². The average Bonchev–Trinajstić information content (AvgIpc) is 2.98. The molecule has 1 aromatic carbocycles. The Morgan fingerprint density at radius 3 is 2.43 bits per heavy atom. The minimum Gasteiger partial charge on any atom is -0.464 e. The molecule has 0 bridgehead atoms. The van der Waals surface area contributed by atoms with Gasteiger partial charge in [-0.2, -0.15) is 0 Å². The number of thiophene rings is 1. The summed E-state index contributed by atoms with van der Waals surface area (Å²) in [7, 11) is 0. The Labute approximate surface area is 129 Å². The summed E-state index contributed by atoms with van der Waals surface area (Å²) in [6.07, 6.45) is -0.212. The predicted molar refractivity (Wildman–Crippen MR) is 84.5 cm³/mol.